The number of allylic oxidation sites excluding steroid dienone is 1. The van der Waals surface area contributed by atoms with Crippen molar-refractivity contribution in [2.24, 2.45) is 0 Å². The topological polar surface area (TPSA) is 12.9 Å². The highest BCUT2D eigenvalue weighted by Gasteiger charge is 2.20. The van der Waals surface area contributed by atoms with Crippen molar-refractivity contribution in [1.82, 2.24) is 4.98 Å². The first-order valence-electron chi connectivity index (χ1n) is 7.21. The van der Waals surface area contributed by atoms with Crippen LogP contribution in [0, 0.1) is 0 Å². The standard InChI is InChI=1S/C20H15NS/c1-12(2)11-16-13(3)14-8-6-10-18-19(14)20(21-16)15-7-4-5-9-17(15)22-18/h4-11H,1,3H2,2H3/b16-11+. The summed E-state index contributed by atoms with van der Waals surface area (Å²) in [6.45, 7) is 10.2. The molecule has 0 radical (unpaired) electrons. The van der Waals surface area contributed by atoms with Gasteiger partial charge in [-0.25, -0.2) is 4.98 Å². The summed E-state index contributed by atoms with van der Waals surface area (Å²) in [4.78, 5) is 7.43. The summed E-state index contributed by atoms with van der Waals surface area (Å²) in [5.41, 5.74) is 3.24. The molecule has 2 heteroatoms. The van der Waals surface area contributed by atoms with Gasteiger partial charge in [-0.3, -0.25) is 0 Å². The molecule has 0 bridgehead atoms. The highest BCUT2D eigenvalue weighted by molar-refractivity contribution is 7.99. The Labute approximate surface area is 133 Å². The molecule has 0 atom stereocenters. The van der Waals surface area contributed by atoms with Crippen LogP contribution in [0.5, 0.6) is 0 Å². The Balaban J connectivity index is 2.24. The molecule has 0 N–H and O–H groups in total. The molecule has 1 nitrogen and oxygen atoms in total. The summed E-state index contributed by atoms with van der Waals surface area (Å²) in [5, 5.41) is 4.28. The molecule has 0 unspecified atom stereocenters. The fourth-order valence-electron chi connectivity index (χ4n) is 2.91. The van der Waals surface area contributed by atoms with Crippen LogP contribution < -0.4 is 10.6 Å². The number of nitrogens with zero attached hydrogens (tertiary/aromatic N) is 1. The van der Waals surface area contributed by atoms with Gasteiger partial charge in [0.2, 0.25) is 0 Å². The second-order valence-corrected chi connectivity index (χ2v) is 6.68. The Bertz CT molecular complexity index is 1050. The van der Waals surface area contributed by atoms with Gasteiger partial charge in [0.15, 0.2) is 0 Å². The minimum Gasteiger partial charge on any atom is -0.247 e. The molecule has 2 aromatic carbocycles. The molecule has 0 aliphatic carbocycles. The van der Waals surface area contributed by atoms with Crippen LogP contribution in [0.25, 0.3) is 34.7 Å². The third-order valence-electron chi connectivity index (χ3n) is 3.87. The van der Waals surface area contributed by atoms with E-state index in [0.29, 0.717) is 0 Å². The molecule has 0 saturated heterocycles. The van der Waals surface area contributed by atoms with E-state index in [1.165, 1.54) is 26.1 Å². The maximum atomic E-state index is 4.92. The van der Waals surface area contributed by atoms with Crippen molar-refractivity contribution in [2.45, 2.75) is 16.7 Å². The van der Waals surface area contributed by atoms with E-state index in [-0.39, 0.29) is 0 Å². The quantitative estimate of drug-likeness (QED) is 0.524. The first-order valence-corrected chi connectivity index (χ1v) is 8.03. The third-order valence-corrected chi connectivity index (χ3v) is 5.01. The minimum atomic E-state index is 0.911. The van der Waals surface area contributed by atoms with Crippen LogP contribution >= 0.6 is 11.8 Å². The van der Waals surface area contributed by atoms with Crippen LogP contribution in [0.15, 0.2) is 64.4 Å². The molecule has 2 heterocycles. The maximum Gasteiger partial charge on any atom is 0.0810 e. The van der Waals surface area contributed by atoms with Gasteiger partial charge in [-0.1, -0.05) is 60.8 Å². The van der Waals surface area contributed by atoms with Gasteiger partial charge in [0.05, 0.1) is 11.0 Å². The van der Waals surface area contributed by atoms with Gasteiger partial charge in [0, 0.05) is 26.0 Å². The van der Waals surface area contributed by atoms with E-state index in [1.54, 1.807) is 0 Å². The minimum absolute atomic E-state index is 0.911. The molecular formula is C20H15NS. The summed E-state index contributed by atoms with van der Waals surface area (Å²) in [7, 11) is 0. The van der Waals surface area contributed by atoms with Gasteiger partial charge in [0.1, 0.15) is 0 Å². The average molecular weight is 301 g/mol. The summed E-state index contributed by atoms with van der Waals surface area (Å²) in [6.07, 6.45) is 2.01. The Morgan fingerprint density at radius 1 is 1.09 bits per heavy atom. The molecule has 0 saturated carbocycles. The summed E-state index contributed by atoms with van der Waals surface area (Å²) >= 11 is 1.81. The van der Waals surface area contributed by atoms with E-state index < -0.39 is 0 Å². The molecule has 3 aromatic rings. The monoisotopic (exact) mass is 301 g/mol. The van der Waals surface area contributed by atoms with Gasteiger partial charge in [-0.2, -0.15) is 0 Å². The molecule has 0 spiro atoms. The van der Waals surface area contributed by atoms with Gasteiger partial charge in [-0.15, -0.1) is 0 Å². The number of hydrogen-bond donors (Lipinski definition) is 0. The maximum absolute atomic E-state index is 4.92. The first-order chi connectivity index (χ1) is 10.6. The fraction of sp³-hybridized carbons (Fsp3) is 0.0500. The van der Waals surface area contributed by atoms with Gasteiger partial charge in [0.25, 0.3) is 0 Å². The summed E-state index contributed by atoms with van der Waals surface area (Å²) < 4.78 is 0. The predicted molar refractivity (Wildman–Crippen MR) is 95.4 cm³/mol. The molecule has 0 amide bonds. The molecule has 1 aromatic heterocycles. The lowest BCUT2D eigenvalue weighted by molar-refractivity contribution is 1.22. The number of aromatic nitrogens is 1. The zero-order valence-corrected chi connectivity index (χ0v) is 13.2. The van der Waals surface area contributed by atoms with Crippen LogP contribution in [0.4, 0.5) is 0 Å². The van der Waals surface area contributed by atoms with E-state index in [9.17, 15) is 0 Å². The summed E-state index contributed by atoms with van der Waals surface area (Å²) in [6, 6.07) is 14.8. The van der Waals surface area contributed by atoms with Gasteiger partial charge in [-0.05, 0) is 30.5 Å². The van der Waals surface area contributed by atoms with Crippen LogP contribution in [-0.4, -0.2) is 4.98 Å². The lowest BCUT2D eigenvalue weighted by Gasteiger charge is -2.19. The van der Waals surface area contributed by atoms with E-state index in [2.05, 4.69) is 55.6 Å². The number of rotatable bonds is 1. The van der Waals surface area contributed by atoms with Crippen LogP contribution in [-0.2, 0) is 0 Å². The smallest absolute Gasteiger partial charge is 0.0810 e. The van der Waals surface area contributed by atoms with E-state index in [1.807, 2.05) is 24.8 Å². The van der Waals surface area contributed by atoms with Crippen molar-refractivity contribution in [3.63, 3.8) is 0 Å². The van der Waals surface area contributed by atoms with Crippen molar-refractivity contribution in [3.05, 3.63) is 65.2 Å². The number of fused-ring (bicyclic) bond motifs is 2. The van der Waals surface area contributed by atoms with Crippen molar-refractivity contribution in [1.29, 1.82) is 0 Å². The Morgan fingerprint density at radius 2 is 1.86 bits per heavy atom. The molecule has 106 valence electrons. The average Bonchev–Trinajstić information content (AvgIpc) is 2.51. The second kappa shape index (κ2) is 4.85. The molecule has 0 fully saturated rings. The molecule has 4 rings (SSSR count). The van der Waals surface area contributed by atoms with Crippen molar-refractivity contribution in [2.75, 3.05) is 0 Å². The third kappa shape index (κ3) is 1.92. The number of hydrogen-bond acceptors (Lipinski definition) is 2. The highest BCUT2D eigenvalue weighted by atomic mass is 32.2. The molecule has 22 heavy (non-hydrogen) atoms. The van der Waals surface area contributed by atoms with Crippen LogP contribution in [0.2, 0.25) is 0 Å². The van der Waals surface area contributed by atoms with Gasteiger partial charge >= 0.3 is 0 Å². The Hall–Kier alpha value is -2.32. The zero-order valence-electron chi connectivity index (χ0n) is 12.4. The normalized spacial score (nSPS) is 13.2. The Morgan fingerprint density at radius 3 is 2.68 bits per heavy atom. The van der Waals surface area contributed by atoms with Crippen molar-refractivity contribution in [3.8, 4) is 11.3 Å². The first kappa shape index (κ1) is 13.4. The van der Waals surface area contributed by atoms with E-state index in [0.717, 1.165) is 21.8 Å². The molecule has 1 aliphatic rings. The predicted octanol–water partition coefficient (Wildman–Crippen LogP) is 4.13. The highest BCUT2D eigenvalue weighted by Crippen LogP contribution is 2.45. The largest absolute Gasteiger partial charge is 0.247 e. The van der Waals surface area contributed by atoms with Crippen LogP contribution in [0.1, 0.15) is 6.92 Å². The fourth-order valence-corrected chi connectivity index (χ4v) is 4.02. The Kier molecular flexibility index (Phi) is 2.95. The molecule has 1 aliphatic heterocycles. The van der Waals surface area contributed by atoms with E-state index >= 15 is 0 Å². The van der Waals surface area contributed by atoms with Crippen molar-refractivity contribution >= 4 is 35.2 Å². The number of pyridine rings is 1. The summed E-state index contributed by atoms with van der Waals surface area (Å²) in [5.74, 6) is 0. The van der Waals surface area contributed by atoms with Crippen molar-refractivity contribution < 1.29 is 0 Å². The lowest BCUT2D eigenvalue weighted by Crippen LogP contribution is -2.29. The number of benzene rings is 2. The zero-order chi connectivity index (χ0) is 15.3. The van der Waals surface area contributed by atoms with E-state index in [4.69, 9.17) is 4.98 Å². The molecular weight excluding hydrogens is 286 g/mol. The second-order valence-electron chi connectivity index (χ2n) is 5.59. The lowest BCUT2D eigenvalue weighted by atomic mass is 10.0. The van der Waals surface area contributed by atoms with Crippen LogP contribution in [0.3, 0.4) is 0 Å². The SMILES string of the molecule is C=C(C)/C=c1/nc2c3c(cccc3c1=C)Sc1ccccc1-2. The van der Waals surface area contributed by atoms with Gasteiger partial charge < -0.3 is 0 Å².